The molecule has 4 heteroatoms. The van der Waals surface area contributed by atoms with Gasteiger partial charge in [-0.05, 0) is 31.4 Å². The topological polar surface area (TPSA) is 36.9 Å². The second-order valence-corrected chi connectivity index (χ2v) is 3.81. The van der Waals surface area contributed by atoms with Crippen LogP contribution in [0.5, 0.6) is 0 Å². The molecule has 3 heterocycles. The second-order valence-electron chi connectivity index (χ2n) is 3.81. The number of hydrogen-bond acceptors (Lipinski definition) is 2. The first kappa shape index (κ1) is 7.91. The van der Waals surface area contributed by atoms with E-state index in [1.165, 1.54) is 24.8 Å². The molecule has 14 heavy (non-hydrogen) atoms. The predicted molar refractivity (Wildman–Crippen MR) is 55.9 cm³/mol. The maximum Gasteiger partial charge on any atom is 0.174 e. The van der Waals surface area contributed by atoms with E-state index in [9.17, 15) is 0 Å². The van der Waals surface area contributed by atoms with Crippen molar-refractivity contribution in [1.29, 1.82) is 0 Å². The molecule has 0 saturated carbocycles. The number of hydrogen-bond donors (Lipinski definition) is 1. The summed E-state index contributed by atoms with van der Waals surface area (Å²) in [5, 5.41) is 5.60. The summed E-state index contributed by atoms with van der Waals surface area (Å²) in [6.07, 6.45) is 5.78. The Morgan fingerprint density at radius 2 is 2.07 bits per heavy atom. The van der Waals surface area contributed by atoms with Crippen LogP contribution in [0.15, 0.2) is 18.3 Å². The van der Waals surface area contributed by atoms with E-state index < -0.39 is 0 Å². The van der Waals surface area contributed by atoms with Crippen LogP contribution >= 0.6 is 0 Å². The first-order chi connectivity index (χ1) is 6.95. The number of nitrogens with one attached hydrogen (secondary N) is 1. The first-order valence-corrected chi connectivity index (χ1v) is 5.22. The van der Waals surface area contributed by atoms with Crippen molar-refractivity contribution in [2.45, 2.75) is 19.3 Å². The number of H-pyrrole nitrogens is 1. The van der Waals surface area contributed by atoms with E-state index in [-0.39, 0.29) is 0 Å². The van der Waals surface area contributed by atoms with Crippen molar-refractivity contribution in [1.82, 2.24) is 14.9 Å². The average Bonchev–Trinajstić information content (AvgIpc) is 2.22. The van der Waals surface area contributed by atoms with Crippen LogP contribution in [0.3, 0.4) is 0 Å². The molecule has 0 atom stereocenters. The first-order valence-electron chi connectivity index (χ1n) is 5.22. The fraction of sp³-hybridized carbons (Fsp3) is 0.500. The second kappa shape index (κ2) is 3.04. The van der Waals surface area contributed by atoms with Crippen molar-refractivity contribution < 1.29 is 0 Å². The predicted octanol–water partition coefficient (Wildman–Crippen LogP) is 1.49. The third-order valence-corrected chi connectivity index (χ3v) is 2.84. The summed E-state index contributed by atoms with van der Waals surface area (Å²) in [6.45, 7) is 2.31. The Morgan fingerprint density at radius 1 is 1.21 bits per heavy atom. The highest BCUT2D eigenvalue weighted by molar-refractivity contribution is 5.72. The minimum atomic E-state index is 0.998. The van der Waals surface area contributed by atoms with E-state index in [1.54, 1.807) is 0 Å². The molecule has 2 aromatic rings. The summed E-state index contributed by atoms with van der Waals surface area (Å²) in [5.74, 6) is 0. The summed E-state index contributed by atoms with van der Waals surface area (Å²) in [4.78, 5) is 6.36. The van der Waals surface area contributed by atoms with E-state index in [2.05, 4.69) is 25.9 Å². The highest BCUT2D eigenvalue weighted by Crippen LogP contribution is 2.15. The lowest BCUT2D eigenvalue weighted by Gasteiger charge is -2.33. The highest BCUT2D eigenvalue weighted by Gasteiger charge is 2.14. The molecule has 0 aromatic carbocycles. The van der Waals surface area contributed by atoms with E-state index in [1.807, 2.05) is 12.3 Å². The Morgan fingerprint density at radius 3 is 2.86 bits per heavy atom. The zero-order valence-electron chi connectivity index (χ0n) is 8.11. The number of nitrogens with zero attached hydrogens (tertiary/aromatic N) is 3. The lowest BCUT2D eigenvalue weighted by atomic mass is 10.2. The van der Waals surface area contributed by atoms with Crippen LogP contribution in [-0.2, 0) is 0 Å². The number of fused-ring (bicyclic) bond motifs is 1. The van der Waals surface area contributed by atoms with Crippen LogP contribution < -0.4 is 5.01 Å². The third-order valence-electron chi connectivity index (χ3n) is 2.84. The zero-order chi connectivity index (χ0) is 9.38. The van der Waals surface area contributed by atoms with Gasteiger partial charge in [0.1, 0.15) is 5.52 Å². The molecule has 4 nitrogen and oxygen atoms in total. The van der Waals surface area contributed by atoms with Crippen LogP contribution in [0.4, 0.5) is 0 Å². The molecule has 1 N–H and O–H groups in total. The van der Waals surface area contributed by atoms with Gasteiger partial charge in [-0.2, -0.15) is 4.79 Å². The minimum Gasteiger partial charge on any atom is -0.298 e. The molecule has 0 radical (unpaired) electrons. The Balaban J connectivity index is 1.92. The van der Waals surface area contributed by atoms with Crippen molar-refractivity contribution in [2.24, 2.45) is 0 Å². The van der Waals surface area contributed by atoms with E-state index in [0.29, 0.717) is 0 Å². The molecule has 1 saturated heterocycles. The molecule has 0 bridgehead atoms. The van der Waals surface area contributed by atoms with Crippen molar-refractivity contribution in [2.75, 3.05) is 18.1 Å². The zero-order valence-corrected chi connectivity index (χ0v) is 8.11. The molecule has 74 valence electrons. The quantitative estimate of drug-likeness (QED) is 0.739. The highest BCUT2D eigenvalue weighted by atomic mass is 15.7. The lowest BCUT2D eigenvalue weighted by molar-refractivity contribution is 0.448. The molecule has 1 fully saturated rings. The molecule has 0 amide bonds. The van der Waals surface area contributed by atoms with E-state index in [4.69, 9.17) is 0 Å². The monoisotopic (exact) mass is 190 g/mol. The maximum absolute atomic E-state index is 4.23. The molecule has 3 rings (SSSR count). The van der Waals surface area contributed by atoms with Crippen molar-refractivity contribution >= 4 is 11.2 Å². The standard InChI is InChI=1S/C10H14N4/c1-2-7-13(8-3-1)14-9-5-4-6-11-10(9)12-14/h4-6H,1-3,7-8H2,(H,11,12). The number of rotatable bonds is 1. The average molecular weight is 190 g/mol. The fourth-order valence-electron chi connectivity index (χ4n) is 2.06. The van der Waals surface area contributed by atoms with E-state index in [0.717, 1.165) is 18.7 Å². The molecular weight excluding hydrogens is 176 g/mol. The number of piperidine rings is 1. The molecular formula is C10H14N4. The number of pyridine rings is 1. The Hall–Kier alpha value is -1.45. The van der Waals surface area contributed by atoms with Gasteiger partial charge in [-0.15, -0.1) is 0 Å². The molecule has 0 spiro atoms. The fourth-order valence-corrected chi connectivity index (χ4v) is 2.06. The molecule has 0 unspecified atom stereocenters. The van der Waals surface area contributed by atoms with Gasteiger partial charge in [0.25, 0.3) is 0 Å². The molecule has 2 aromatic heterocycles. The van der Waals surface area contributed by atoms with Gasteiger partial charge in [-0.1, -0.05) is 0 Å². The van der Waals surface area contributed by atoms with Gasteiger partial charge in [-0.25, -0.2) is 4.98 Å². The van der Waals surface area contributed by atoms with E-state index >= 15 is 0 Å². The molecule has 1 aliphatic heterocycles. The van der Waals surface area contributed by atoms with Gasteiger partial charge in [-0.3, -0.25) is 10.1 Å². The SMILES string of the molecule is c1cnc2[nH]n(N3CCCCC3)c2c1. The smallest absolute Gasteiger partial charge is 0.174 e. The minimum absolute atomic E-state index is 0.998. The third kappa shape index (κ3) is 1.10. The number of aromatic nitrogens is 3. The summed E-state index contributed by atoms with van der Waals surface area (Å²) in [7, 11) is 0. The van der Waals surface area contributed by atoms with Gasteiger partial charge in [0.05, 0.1) is 0 Å². The molecule has 0 aliphatic carbocycles. The summed E-state index contributed by atoms with van der Waals surface area (Å²) in [5.41, 5.74) is 2.20. The largest absolute Gasteiger partial charge is 0.298 e. The summed E-state index contributed by atoms with van der Waals surface area (Å²) in [6, 6.07) is 4.09. The summed E-state index contributed by atoms with van der Waals surface area (Å²) >= 11 is 0. The van der Waals surface area contributed by atoms with Gasteiger partial charge >= 0.3 is 0 Å². The van der Waals surface area contributed by atoms with Crippen molar-refractivity contribution in [3.63, 3.8) is 0 Å². The van der Waals surface area contributed by atoms with Crippen molar-refractivity contribution in [3.05, 3.63) is 18.3 Å². The molecule has 1 aliphatic rings. The Labute approximate surface area is 82.5 Å². The normalized spacial score (nSPS) is 17.9. The van der Waals surface area contributed by atoms with Crippen LogP contribution in [0.25, 0.3) is 11.2 Å². The van der Waals surface area contributed by atoms with Gasteiger partial charge in [0.15, 0.2) is 5.65 Å². The van der Waals surface area contributed by atoms with Gasteiger partial charge < -0.3 is 0 Å². The number of aromatic amines is 1. The van der Waals surface area contributed by atoms with Gasteiger partial charge in [0, 0.05) is 19.3 Å². The Kier molecular flexibility index (Phi) is 1.72. The maximum atomic E-state index is 4.23. The van der Waals surface area contributed by atoms with Crippen LogP contribution in [0.1, 0.15) is 19.3 Å². The Bertz CT molecular complexity index is 422. The summed E-state index contributed by atoms with van der Waals surface area (Å²) < 4.78 is 0. The van der Waals surface area contributed by atoms with Crippen LogP contribution in [-0.4, -0.2) is 28.0 Å². The van der Waals surface area contributed by atoms with Crippen molar-refractivity contribution in [3.8, 4) is 0 Å². The lowest BCUT2D eigenvalue weighted by Crippen LogP contribution is -2.42. The van der Waals surface area contributed by atoms with Crippen LogP contribution in [0, 0.1) is 0 Å². The van der Waals surface area contributed by atoms with Gasteiger partial charge in [0.2, 0.25) is 0 Å². The van der Waals surface area contributed by atoms with Crippen LogP contribution in [0.2, 0.25) is 0 Å².